The van der Waals surface area contributed by atoms with Gasteiger partial charge in [-0.3, -0.25) is 4.99 Å². The Bertz CT molecular complexity index is 584. The lowest BCUT2D eigenvalue weighted by atomic mass is 9.92. The number of rotatable bonds is 6. The molecule has 2 aliphatic rings. The molecule has 0 unspecified atom stereocenters. The van der Waals surface area contributed by atoms with E-state index in [2.05, 4.69) is 27.6 Å². The van der Waals surface area contributed by atoms with Gasteiger partial charge in [0, 0.05) is 43.8 Å². The van der Waals surface area contributed by atoms with Gasteiger partial charge in [-0.05, 0) is 52.9 Å². The van der Waals surface area contributed by atoms with Crippen LogP contribution in [0.5, 0.6) is 0 Å². The summed E-state index contributed by atoms with van der Waals surface area (Å²) in [5.74, 6) is 1.86. The van der Waals surface area contributed by atoms with Crippen LogP contribution in [-0.4, -0.2) is 54.3 Å². The molecule has 2 fully saturated rings. The highest BCUT2D eigenvalue weighted by molar-refractivity contribution is 14.0. The van der Waals surface area contributed by atoms with Gasteiger partial charge in [0.2, 0.25) is 0 Å². The van der Waals surface area contributed by atoms with E-state index in [-0.39, 0.29) is 24.0 Å². The van der Waals surface area contributed by atoms with Crippen LogP contribution in [0.25, 0.3) is 0 Å². The number of piperidine rings is 1. The summed E-state index contributed by atoms with van der Waals surface area (Å²) < 4.78 is 5.25. The molecular weight excluding hydrogens is 465 g/mol. The van der Waals surface area contributed by atoms with Crippen molar-refractivity contribution in [2.24, 2.45) is 4.99 Å². The lowest BCUT2D eigenvalue weighted by Gasteiger charge is -2.39. The summed E-state index contributed by atoms with van der Waals surface area (Å²) in [5, 5.41) is 11.1. The van der Waals surface area contributed by atoms with E-state index in [0.29, 0.717) is 6.04 Å². The van der Waals surface area contributed by atoms with E-state index in [1.807, 2.05) is 13.8 Å². The molecule has 0 radical (unpaired) electrons. The summed E-state index contributed by atoms with van der Waals surface area (Å²) in [5.41, 5.74) is 2.17. The largest absolute Gasteiger partial charge is 0.361 e. The minimum atomic E-state index is 0. The fourth-order valence-electron chi connectivity index (χ4n) is 4.51. The van der Waals surface area contributed by atoms with Crippen molar-refractivity contribution >= 4 is 29.9 Å². The number of halogens is 1. The van der Waals surface area contributed by atoms with Crippen LogP contribution < -0.4 is 10.6 Å². The molecule has 1 aromatic heterocycles. The predicted molar refractivity (Wildman–Crippen MR) is 126 cm³/mol. The Morgan fingerprint density at radius 2 is 1.86 bits per heavy atom. The maximum absolute atomic E-state index is 5.25. The van der Waals surface area contributed by atoms with Crippen LogP contribution in [0, 0.1) is 13.8 Å². The van der Waals surface area contributed by atoms with E-state index in [4.69, 9.17) is 9.52 Å². The van der Waals surface area contributed by atoms with Gasteiger partial charge in [0.05, 0.1) is 5.69 Å². The number of hydrogen-bond acceptors (Lipinski definition) is 4. The van der Waals surface area contributed by atoms with Gasteiger partial charge in [0.25, 0.3) is 0 Å². The van der Waals surface area contributed by atoms with Gasteiger partial charge in [0.15, 0.2) is 5.96 Å². The highest BCUT2D eigenvalue weighted by Gasteiger charge is 2.26. The van der Waals surface area contributed by atoms with Gasteiger partial charge in [0.1, 0.15) is 5.76 Å². The van der Waals surface area contributed by atoms with E-state index in [1.165, 1.54) is 63.6 Å². The number of nitrogens with zero attached hydrogens (tertiary/aromatic N) is 3. The minimum absolute atomic E-state index is 0. The topological polar surface area (TPSA) is 65.7 Å². The quantitative estimate of drug-likeness (QED) is 0.351. The molecule has 1 aromatic rings. The highest BCUT2D eigenvalue weighted by atomic mass is 127. The first kappa shape index (κ1) is 23.4. The maximum atomic E-state index is 5.25. The lowest BCUT2D eigenvalue weighted by molar-refractivity contribution is 0.119. The van der Waals surface area contributed by atoms with Crippen molar-refractivity contribution in [3.05, 3.63) is 17.0 Å². The van der Waals surface area contributed by atoms with Crippen molar-refractivity contribution in [3.63, 3.8) is 0 Å². The molecule has 1 aliphatic heterocycles. The summed E-state index contributed by atoms with van der Waals surface area (Å²) in [6.45, 7) is 10.2. The second kappa shape index (κ2) is 12.0. The second-order valence-electron chi connectivity index (χ2n) is 8.06. The van der Waals surface area contributed by atoms with E-state index in [1.54, 1.807) is 0 Å². The van der Waals surface area contributed by atoms with Gasteiger partial charge in [-0.1, -0.05) is 24.4 Å². The molecule has 6 nitrogen and oxygen atoms in total. The summed E-state index contributed by atoms with van der Waals surface area (Å²) in [4.78, 5) is 7.52. The minimum Gasteiger partial charge on any atom is -0.361 e. The Morgan fingerprint density at radius 3 is 2.46 bits per heavy atom. The fraction of sp³-hybridized carbons (Fsp3) is 0.810. The third-order valence-corrected chi connectivity index (χ3v) is 6.12. The van der Waals surface area contributed by atoms with Gasteiger partial charge in [-0.25, -0.2) is 0 Å². The highest BCUT2D eigenvalue weighted by Crippen LogP contribution is 2.25. The number of aromatic nitrogens is 1. The molecule has 1 saturated carbocycles. The molecule has 0 spiro atoms. The lowest BCUT2D eigenvalue weighted by Crippen LogP contribution is -2.51. The van der Waals surface area contributed by atoms with Crippen LogP contribution in [0.15, 0.2) is 9.52 Å². The van der Waals surface area contributed by atoms with Crippen LogP contribution >= 0.6 is 24.0 Å². The molecule has 3 rings (SSSR count). The molecule has 160 valence electrons. The number of likely N-dealkylation sites (tertiary alicyclic amines) is 1. The monoisotopic (exact) mass is 503 g/mol. The van der Waals surface area contributed by atoms with Crippen molar-refractivity contribution in [2.75, 3.05) is 26.2 Å². The average molecular weight is 503 g/mol. The molecule has 2 N–H and O–H groups in total. The molecule has 0 atom stereocenters. The number of nitrogens with one attached hydrogen (secondary N) is 2. The zero-order chi connectivity index (χ0) is 19.1. The third-order valence-electron chi connectivity index (χ3n) is 6.12. The molecule has 1 aliphatic carbocycles. The van der Waals surface area contributed by atoms with E-state index >= 15 is 0 Å². The van der Waals surface area contributed by atoms with Crippen LogP contribution in [0.1, 0.15) is 68.9 Å². The van der Waals surface area contributed by atoms with Crippen molar-refractivity contribution in [2.45, 2.75) is 84.2 Å². The molecule has 2 heterocycles. The Kier molecular flexibility index (Phi) is 10.0. The van der Waals surface area contributed by atoms with Crippen molar-refractivity contribution in [1.29, 1.82) is 0 Å². The molecule has 0 bridgehead atoms. The van der Waals surface area contributed by atoms with Gasteiger partial charge in [-0.2, -0.15) is 0 Å². The molecular formula is C21H38IN5O. The zero-order valence-corrected chi connectivity index (χ0v) is 20.1. The van der Waals surface area contributed by atoms with Gasteiger partial charge < -0.3 is 20.1 Å². The second-order valence-corrected chi connectivity index (χ2v) is 8.06. The normalized spacial score (nSPS) is 20.0. The Morgan fingerprint density at radius 1 is 1.14 bits per heavy atom. The van der Waals surface area contributed by atoms with Crippen LogP contribution in [0.2, 0.25) is 0 Å². The summed E-state index contributed by atoms with van der Waals surface area (Å²) >= 11 is 0. The van der Waals surface area contributed by atoms with Crippen LogP contribution in [0.4, 0.5) is 0 Å². The van der Waals surface area contributed by atoms with Crippen LogP contribution in [0.3, 0.4) is 0 Å². The summed E-state index contributed by atoms with van der Waals surface area (Å²) in [6.07, 6.45) is 10.4. The first-order chi connectivity index (χ1) is 13.2. The van der Waals surface area contributed by atoms with E-state index in [9.17, 15) is 0 Å². The van der Waals surface area contributed by atoms with Crippen molar-refractivity contribution in [3.8, 4) is 0 Å². The number of guanidine groups is 1. The van der Waals surface area contributed by atoms with E-state index < -0.39 is 0 Å². The maximum Gasteiger partial charge on any atom is 0.191 e. The first-order valence-electron chi connectivity index (χ1n) is 10.9. The fourth-order valence-corrected chi connectivity index (χ4v) is 4.51. The zero-order valence-electron chi connectivity index (χ0n) is 17.8. The molecule has 7 heteroatoms. The number of aliphatic imine (C=N–C) groups is 1. The Hall–Kier alpha value is -0.830. The van der Waals surface area contributed by atoms with Gasteiger partial charge >= 0.3 is 0 Å². The van der Waals surface area contributed by atoms with Crippen molar-refractivity contribution in [1.82, 2.24) is 20.7 Å². The average Bonchev–Trinajstić information content (AvgIpc) is 3.01. The number of hydrogen-bond donors (Lipinski definition) is 2. The van der Waals surface area contributed by atoms with Crippen LogP contribution in [-0.2, 0) is 6.42 Å². The Balaban J connectivity index is 0.00000280. The van der Waals surface area contributed by atoms with Gasteiger partial charge in [-0.15, -0.1) is 24.0 Å². The number of aryl methyl sites for hydroxylation is 2. The molecule has 1 saturated heterocycles. The third kappa shape index (κ3) is 6.61. The smallest absolute Gasteiger partial charge is 0.191 e. The first-order valence-corrected chi connectivity index (χ1v) is 10.9. The SMILES string of the molecule is CCNC(=NCCc1c(C)noc1C)NC1CCN(C2CCCCC2)CC1.I. The van der Waals surface area contributed by atoms with E-state index in [0.717, 1.165) is 43.0 Å². The molecule has 28 heavy (non-hydrogen) atoms. The molecule has 0 amide bonds. The standard InChI is InChI=1S/C21H37N5O.HI/c1-4-22-21(23-13-10-20-16(2)25-27-17(20)3)24-18-11-14-26(15-12-18)19-8-6-5-7-9-19;/h18-19H,4-15H2,1-3H3,(H2,22,23,24);1H. The predicted octanol–water partition coefficient (Wildman–Crippen LogP) is 3.80. The summed E-state index contributed by atoms with van der Waals surface area (Å²) in [7, 11) is 0. The Labute approximate surface area is 187 Å². The molecule has 0 aromatic carbocycles. The summed E-state index contributed by atoms with van der Waals surface area (Å²) in [6, 6.07) is 1.37. The van der Waals surface area contributed by atoms with Crippen molar-refractivity contribution < 1.29 is 4.52 Å².